The molecule has 2 aromatic rings. The number of alkyl halides is 3. The molecule has 1 aliphatic rings. The third-order valence-corrected chi connectivity index (χ3v) is 7.02. The molecule has 1 aromatic heterocycles. The van der Waals surface area contributed by atoms with E-state index >= 15 is 0 Å². The number of hydrogen-bond donors (Lipinski definition) is 1. The van der Waals surface area contributed by atoms with Crippen molar-refractivity contribution in [3.8, 4) is 5.75 Å². The quantitative estimate of drug-likeness (QED) is 0.561. The number of nitrogens with zero attached hydrogens (tertiary/aromatic N) is 3. The lowest BCUT2D eigenvalue weighted by molar-refractivity contribution is -0.137. The summed E-state index contributed by atoms with van der Waals surface area (Å²) in [6.45, 7) is 11.0. The van der Waals surface area contributed by atoms with Gasteiger partial charge in [0.05, 0.1) is 17.2 Å². The smallest absolute Gasteiger partial charge is 0.416 e. The van der Waals surface area contributed by atoms with E-state index in [1.807, 2.05) is 45.4 Å². The Labute approximate surface area is 205 Å². The highest BCUT2D eigenvalue weighted by atomic mass is 32.1. The molecule has 0 unspecified atom stereocenters. The van der Waals surface area contributed by atoms with Gasteiger partial charge in [-0.05, 0) is 36.0 Å². The molecule has 1 saturated heterocycles. The predicted molar refractivity (Wildman–Crippen MR) is 126 cm³/mol. The number of ether oxygens (including phenoxy) is 1. The topological polar surface area (TPSA) is 84.1 Å². The van der Waals surface area contributed by atoms with Gasteiger partial charge in [0.2, 0.25) is 0 Å². The Morgan fingerprint density at radius 2 is 1.94 bits per heavy atom. The molecule has 192 valence electrons. The maximum Gasteiger partial charge on any atom is 0.416 e. The summed E-state index contributed by atoms with van der Waals surface area (Å²) < 4.78 is 47.7. The number of rotatable bonds is 6. The molecule has 2 amide bonds. The number of aromatic nitrogens is 1. The molecule has 1 aliphatic heterocycles. The highest BCUT2D eigenvalue weighted by Gasteiger charge is 2.34. The van der Waals surface area contributed by atoms with Gasteiger partial charge in [0, 0.05) is 24.2 Å². The van der Waals surface area contributed by atoms with Gasteiger partial charge in [-0.2, -0.15) is 18.2 Å². The van der Waals surface area contributed by atoms with Crippen molar-refractivity contribution in [3.63, 3.8) is 0 Å². The van der Waals surface area contributed by atoms with E-state index in [2.05, 4.69) is 4.99 Å². The molecule has 1 N–H and O–H groups in total. The third kappa shape index (κ3) is 6.45. The number of carbonyl (C=O) groups is 2. The van der Waals surface area contributed by atoms with Gasteiger partial charge >= 0.3 is 12.3 Å². The monoisotopic (exact) mass is 513 g/mol. The summed E-state index contributed by atoms with van der Waals surface area (Å²) in [5, 5.41) is 9.16. The number of carbonyl (C=O) groups excluding carboxylic acids is 1. The van der Waals surface area contributed by atoms with Crippen molar-refractivity contribution in [3.05, 3.63) is 45.2 Å². The van der Waals surface area contributed by atoms with Crippen LogP contribution in [0.4, 0.5) is 18.0 Å². The zero-order chi connectivity index (χ0) is 26.1. The minimum atomic E-state index is -4.65. The van der Waals surface area contributed by atoms with Gasteiger partial charge in [0.1, 0.15) is 12.4 Å². The number of amides is 2. The van der Waals surface area contributed by atoms with E-state index in [-0.39, 0.29) is 29.3 Å². The van der Waals surface area contributed by atoms with Crippen LogP contribution in [-0.2, 0) is 18.1 Å². The second-order valence-corrected chi connectivity index (χ2v) is 11.0. The van der Waals surface area contributed by atoms with Crippen LogP contribution in [0, 0.1) is 5.92 Å². The van der Waals surface area contributed by atoms with Crippen molar-refractivity contribution in [2.75, 3.05) is 13.2 Å². The molecule has 1 fully saturated rings. The second kappa shape index (κ2) is 10.0. The summed E-state index contributed by atoms with van der Waals surface area (Å²) in [4.78, 5) is 31.1. The molecule has 2 heterocycles. The summed E-state index contributed by atoms with van der Waals surface area (Å²) >= 11 is 1.32. The fourth-order valence-corrected chi connectivity index (χ4v) is 4.59. The first-order chi connectivity index (χ1) is 16.2. The average Bonchev–Trinajstić information content (AvgIpc) is 3.08. The molecule has 1 aromatic carbocycles. The van der Waals surface area contributed by atoms with E-state index in [9.17, 15) is 22.8 Å². The Hall–Kier alpha value is -2.82. The highest BCUT2D eigenvalue weighted by molar-refractivity contribution is 7.09. The van der Waals surface area contributed by atoms with Gasteiger partial charge in [-0.15, -0.1) is 11.3 Å². The van der Waals surface area contributed by atoms with Crippen molar-refractivity contribution in [1.29, 1.82) is 0 Å². The van der Waals surface area contributed by atoms with Crippen LogP contribution in [0.15, 0.2) is 29.4 Å². The number of hydrogen-bond acceptors (Lipinski definition) is 4. The van der Waals surface area contributed by atoms with E-state index in [1.165, 1.54) is 16.2 Å². The number of halogens is 3. The summed E-state index contributed by atoms with van der Waals surface area (Å²) in [5.41, 5.74) is -1.50. The highest BCUT2D eigenvalue weighted by Crippen LogP contribution is 2.33. The molecule has 0 spiro atoms. The van der Waals surface area contributed by atoms with Gasteiger partial charge in [-0.3, -0.25) is 4.79 Å². The van der Waals surface area contributed by atoms with Crippen molar-refractivity contribution < 1.29 is 32.6 Å². The lowest BCUT2D eigenvalue weighted by atomic mass is 9.95. The Kier molecular flexibility index (Phi) is 7.68. The maximum atomic E-state index is 13.4. The second-order valence-electron chi connectivity index (χ2n) is 10.0. The van der Waals surface area contributed by atoms with Gasteiger partial charge in [-0.25, -0.2) is 4.79 Å². The van der Waals surface area contributed by atoms with Crippen molar-refractivity contribution in [2.24, 2.45) is 10.9 Å². The van der Waals surface area contributed by atoms with Crippen molar-refractivity contribution in [1.82, 2.24) is 9.47 Å². The van der Waals surface area contributed by atoms with E-state index in [0.29, 0.717) is 24.3 Å². The fourth-order valence-electron chi connectivity index (χ4n) is 3.54. The molecular weight excluding hydrogens is 483 g/mol. The van der Waals surface area contributed by atoms with Crippen molar-refractivity contribution >= 4 is 23.3 Å². The first-order valence-corrected chi connectivity index (χ1v) is 12.1. The first-order valence-electron chi connectivity index (χ1n) is 11.3. The molecule has 0 aliphatic carbocycles. The molecule has 1 atom stereocenters. The van der Waals surface area contributed by atoms with Gasteiger partial charge in [-0.1, -0.05) is 34.6 Å². The van der Waals surface area contributed by atoms with E-state index in [4.69, 9.17) is 9.84 Å². The number of thiazole rings is 1. The van der Waals surface area contributed by atoms with Crippen LogP contribution in [0.3, 0.4) is 0 Å². The van der Waals surface area contributed by atoms with Crippen LogP contribution < -0.4 is 9.54 Å². The first kappa shape index (κ1) is 26.8. The Morgan fingerprint density at radius 3 is 2.46 bits per heavy atom. The zero-order valence-corrected chi connectivity index (χ0v) is 21.2. The summed E-state index contributed by atoms with van der Waals surface area (Å²) in [6.07, 6.45) is -3.25. The van der Waals surface area contributed by atoms with Crippen LogP contribution in [0.1, 0.15) is 61.8 Å². The zero-order valence-electron chi connectivity index (χ0n) is 20.3. The Bertz CT molecular complexity index is 1160. The summed E-state index contributed by atoms with van der Waals surface area (Å²) in [5.74, 6) is -0.653. The van der Waals surface area contributed by atoms with Crippen LogP contribution in [0.5, 0.6) is 5.75 Å². The SMILES string of the molecule is CC(C)Cn1cc(C(C)(C)C)sc1=NC(=O)c1cc(C(F)(F)F)ccc1OC[C@@H]1CCN1C(=O)O. The molecular formula is C24H30F3N3O4S. The molecule has 0 radical (unpaired) electrons. The van der Waals surface area contributed by atoms with Crippen LogP contribution >= 0.6 is 11.3 Å². The van der Waals surface area contributed by atoms with Crippen LogP contribution in [-0.4, -0.2) is 45.8 Å². The van der Waals surface area contributed by atoms with Gasteiger partial charge in [0.25, 0.3) is 5.91 Å². The van der Waals surface area contributed by atoms with E-state index < -0.39 is 29.8 Å². The number of benzene rings is 1. The standard InChI is InChI=1S/C24H30F3N3O4S/c1-14(2)11-29-12-19(23(3,4)5)35-21(29)28-20(31)17-10-15(24(25,26)27)6-7-18(17)34-13-16-8-9-30(16)22(32)33/h6-7,10,12,14,16H,8-9,11,13H2,1-5H3,(H,32,33)/t16-/m0/s1. The summed E-state index contributed by atoms with van der Waals surface area (Å²) in [7, 11) is 0. The molecule has 3 rings (SSSR count). The largest absolute Gasteiger partial charge is 0.491 e. The minimum absolute atomic E-state index is 0.0630. The van der Waals surface area contributed by atoms with E-state index in [0.717, 1.165) is 23.1 Å². The molecule has 0 saturated carbocycles. The van der Waals surface area contributed by atoms with Gasteiger partial charge < -0.3 is 19.3 Å². The van der Waals surface area contributed by atoms with E-state index in [1.54, 1.807) is 0 Å². The molecule has 7 nitrogen and oxygen atoms in total. The predicted octanol–water partition coefficient (Wildman–Crippen LogP) is 5.39. The Balaban J connectivity index is 2.00. The number of carboxylic acid groups (broad SMARTS) is 1. The van der Waals surface area contributed by atoms with Crippen LogP contribution in [0.2, 0.25) is 0 Å². The average molecular weight is 514 g/mol. The number of likely N-dealkylation sites (tertiary alicyclic amines) is 1. The lowest BCUT2D eigenvalue weighted by Crippen LogP contribution is -2.53. The molecule has 35 heavy (non-hydrogen) atoms. The molecule has 0 bridgehead atoms. The summed E-state index contributed by atoms with van der Waals surface area (Å²) in [6, 6.07) is 2.24. The van der Waals surface area contributed by atoms with Gasteiger partial charge in [0.15, 0.2) is 4.80 Å². The normalized spacial score (nSPS) is 17.0. The van der Waals surface area contributed by atoms with Crippen molar-refractivity contribution in [2.45, 2.75) is 65.2 Å². The maximum absolute atomic E-state index is 13.4. The fraction of sp³-hybridized carbons (Fsp3) is 0.542. The Morgan fingerprint density at radius 1 is 1.26 bits per heavy atom. The lowest BCUT2D eigenvalue weighted by Gasteiger charge is -2.38. The van der Waals surface area contributed by atoms with Crippen LogP contribution in [0.25, 0.3) is 0 Å². The minimum Gasteiger partial charge on any atom is -0.491 e. The molecule has 11 heteroatoms. The third-order valence-electron chi connectivity index (χ3n) is 5.58.